The monoisotopic (exact) mass is 430 g/mol. The number of fused-ring (bicyclic) bond motifs is 4. The molecule has 0 radical (unpaired) electrons. The van der Waals surface area contributed by atoms with Crippen molar-refractivity contribution in [3.63, 3.8) is 0 Å². The van der Waals surface area contributed by atoms with Crippen molar-refractivity contribution in [2.45, 2.75) is 31.3 Å². The fraction of sp³-hybridized carbons (Fsp3) is 0.333. The predicted octanol–water partition coefficient (Wildman–Crippen LogP) is 2.89. The molecule has 8 nitrogen and oxygen atoms in total. The van der Waals surface area contributed by atoms with Crippen molar-refractivity contribution in [1.82, 2.24) is 19.4 Å². The van der Waals surface area contributed by atoms with E-state index in [0.29, 0.717) is 17.9 Å². The number of benzene rings is 1. The van der Waals surface area contributed by atoms with Crippen LogP contribution in [0.25, 0.3) is 0 Å². The Balaban J connectivity index is 1.58. The number of rotatable bonds is 4. The van der Waals surface area contributed by atoms with Crippen molar-refractivity contribution < 1.29 is 4.79 Å². The van der Waals surface area contributed by atoms with Crippen LogP contribution >= 0.6 is 0 Å². The maximum Gasteiger partial charge on any atom is 0.254 e. The molecular weight excluding hydrogens is 404 g/mol. The Morgan fingerprint density at radius 3 is 2.62 bits per heavy atom. The average Bonchev–Trinajstić information content (AvgIpc) is 3.09. The lowest BCUT2D eigenvalue weighted by atomic mass is 9.97. The van der Waals surface area contributed by atoms with Crippen molar-refractivity contribution in [3.8, 4) is 0 Å². The number of nitrogens with zero attached hydrogens (tertiary/aromatic N) is 5. The molecule has 2 bridgehead atoms. The molecule has 1 aromatic carbocycles. The number of hydrogen-bond acceptors (Lipinski definition) is 6. The average molecular weight is 431 g/mol. The Kier molecular flexibility index (Phi) is 4.92. The normalized spacial score (nSPS) is 18.9. The molecule has 2 aromatic heterocycles. The summed E-state index contributed by atoms with van der Waals surface area (Å²) in [5.41, 5.74) is 3.14. The number of carbonyl (C=O) groups excluding carboxylic acids is 1. The molecule has 1 N–H and O–H groups in total. The summed E-state index contributed by atoms with van der Waals surface area (Å²) in [6.07, 6.45) is 4.07. The molecule has 1 saturated heterocycles. The minimum atomic E-state index is -0.189. The van der Waals surface area contributed by atoms with Gasteiger partial charge in [0.25, 0.3) is 11.5 Å². The molecular formula is C24H26N6O2. The quantitative estimate of drug-likeness (QED) is 0.685. The third kappa shape index (κ3) is 3.41. The third-order valence-corrected chi connectivity index (χ3v) is 6.30. The lowest BCUT2D eigenvalue weighted by Crippen LogP contribution is -2.43. The first-order valence-corrected chi connectivity index (χ1v) is 10.8. The van der Waals surface area contributed by atoms with Crippen molar-refractivity contribution in [3.05, 3.63) is 75.8 Å². The van der Waals surface area contributed by atoms with Crippen LogP contribution in [0.15, 0.2) is 53.5 Å². The van der Waals surface area contributed by atoms with Gasteiger partial charge in [-0.05, 0) is 31.0 Å². The molecule has 3 aromatic rings. The van der Waals surface area contributed by atoms with Gasteiger partial charge < -0.3 is 19.7 Å². The summed E-state index contributed by atoms with van der Waals surface area (Å²) in [7, 11) is 5.53. The van der Waals surface area contributed by atoms with Crippen LogP contribution in [0.3, 0.4) is 0 Å². The number of carbonyl (C=O) groups is 1. The first-order valence-electron chi connectivity index (χ1n) is 10.8. The van der Waals surface area contributed by atoms with Gasteiger partial charge in [-0.25, -0.2) is 4.98 Å². The van der Waals surface area contributed by atoms with Crippen LogP contribution < -0.4 is 15.8 Å². The van der Waals surface area contributed by atoms with Gasteiger partial charge >= 0.3 is 0 Å². The smallest absolute Gasteiger partial charge is 0.254 e. The zero-order valence-corrected chi connectivity index (χ0v) is 18.4. The lowest BCUT2D eigenvalue weighted by Gasteiger charge is -2.37. The van der Waals surface area contributed by atoms with Crippen LogP contribution in [0.1, 0.15) is 40.5 Å². The zero-order chi connectivity index (χ0) is 22.4. The number of aromatic nitrogens is 3. The highest BCUT2D eigenvalue weighted by Gasteiger charge is 2.45. The minimum Gasteiger partial charge on any atom is -0.347 e. The van der Waals surface area contributed by atoms with Crippen LogP contribution in [0, 0.1) is 0 Å². The SMILES string of the molecule is CN(C)c1nc2c(c(Nc3ccccc3)n1)[C@H]1CC[C@H](C2)N1C(=O)c1ccn(C)c(=O)c1. The van der Waals surface area contributed by atoms with Crippen LogP contribution in [0.5, 0.6) is 0 Å². The summed E-state index contributed by atoms with van der Waals surface area (Å²) >= 11 is 0. The summed E-state index contributed by atoms with van der Waals surface area (Å²) in [5, 5.41) is 3.46. The molecule has 2 aliphatic heterocycles. The number of amides is 1. The van der Waals surface area contributed by atoms with Crippen molar-refractivity contribution >= 4 is 23.4 Å². The molecule has 32 heavy (non-hydrogen) atoms. The van der Waals surface area contributed by atoms with E-state index in [9.17, 15) is 9.59 Å². The first kappa shape index (κ1) is 20.2. The van der Waals surface area contributed by atoms with E-state index in [1.807, 2.05) is 54.2 Å². The van der Waals surface area contributed by atoms with Gasteiger partial charge in [0.1, 0.15) is 5.82 Å². The van der Waals surface area contributed by atoms with Gasteiger partial charge in [0.05, 0.1) is 11.7 Å². The van der Waals surface area contributed by atoms with E-state index in [-0.39, 0.29) is 23.6 Å². The molecule has 0 spiro atoms. The fourth-order valence-corrected chi connectivity index (χ4v) is 4.69. The zero-order valence-electron chi connectivity index (χ0n) is 18.4. The Labute approximate surface area is 186 Å². The van der Waals surface area contributed by atoms with Gasteiger partial charge in [0.2, 0.25) is 5.95 Å². The molecule has 5 rings (SSSR count). The summed E-state index contributed by atoms with van der Waals surface area (Å²) < 4.78 is 1.47. The Bertz CT molecular complexity index is 1240. The van der Waals surface area contributed by atoms with Gasteiger partial charge in [-0.2, -0.15) is 4.98 Å². The lowest BCUT2D eigenvalue weighted by molar-refractivity contribution is 0.0644. The number of nitrogens with one attached hydrogen (secondary N) is 1. The molecule has 4 heterocycles. The van der Waals surface area contributed by atoms with Gasteiger partial charge in [0, 0.05) is 62.7 Å². The summed E-state index contributed by atoms with van der Waals surface area (Å²) in [4.78, 5) is 39.1. The third-order valence-electron chi connectivity index (χ3n) is 6.30. The van der Waals surface area contributed by atoms with Crippen LogP contribution in [-0.4, -0.2) is 45.5 Å². The minimum absolute atomic E-state index is 0.0681. The van der Waals surface area contributed by atoms with E-state index >= 15 is 0 Å². The number of pyridine rings is 1. The maximum atomic E-state index is 13.5. The molecule has 2 aliphatic rings. The van der Waals surface area contributed by atoms with Gasteiger partial charge in [-0.1, -0.05) is 18.2 Å². The Hall–Kier alpha value is -3.68. The van der Waals surface area contributed by atoms with Crippen LogP contribution in [0.2, 0.25) is 0 Å². The molecule has 1 amide bonds. The van der Waals surface area contributed by atoms with Crippen LogP contribution in [-0.2, 0) is 13.5 Å². The van der Waals surface area contributed by atoms with E-state index in [0.717, 1.165) is 35.6 Å². The van der Waals surface area contributed by atoms with Crippen molar-refractivity contribution in [2.75, 3.05) is 24.3 Å². The van der Waals surface area contributed by atoms with E-state index in [1.54, 1.807) is 19.3 Å². The first-order chi connectivity index (χ1) is 15.4. The summed E-state index contributed by atoms with van der Waals surface area (Å²) in [6, 6.07) is 13.0. The summed E-state index contributed by atoms with van der Waals surface area (Å²) in [6.45, 7) is 0. The van der Waals surface area contributed by atoms with E-state index in [2.05, 4.69) is 5.32 Å². The second-order valence-corrected chi connectivity index (χ2v) is 8.65. The number of aryl methyl sites for hydroxylation is 1. The highest BCUT2D eigenvalue weighted by atomic mass is 16.2. The van der Waals surface area contributed by atoms with Gasteiger partial charge in [0.15, 0.2) is 0 Å². The number of anilines is 3. The summed E-state index contributed by atoms with van der Waals surface area (Å²) in [5.74, 6) is 1.27. The Morgan fingerprint density at radius 2 is 1.91 bits per heavy atom. The second kappa shape index (κ2) is 7.78. The maximum absolute atomic E-state index is 13.5. The predicted molar refractivity (Wildman–Crippen MR) is 123 cm³/mol. The van der Waals surface area contributed by atoms with E-state index in [1.165, 1.54) is 10.6 Å². The molecule has 2 atom stereocenters. The number of para-hydroxylation sites is 1. The van der Waals surface area contributed by atoms with E-state index in [4.69, 9.17) is 9.97 Å². The molecule has 0 saturated carbocycles. The Morgan fingerprint density at radius 1 is 1.12 bits per heavy atom. The fourth-order valence-electron chi connectivity index (χ4n) is 4.69. The van der Waals surface area contributed by atoms with E-state index < -0.39 is 0 Å². The topological polar surface area (TPSA) is 83.4 Å². The van der Waals surface area contributed by atoms with Crippen molar-refractivity contribution in [1.29, 1.82) is 0 Å². The standard InChI is InChI=1S/C24H26N6O2/c1-28(2)24-26-18-14-17-9-10-19(21(18)22(27-24)25-16-7-5-4-6-8-16)30(17)23(32)15-11-12-29(3)20(31)13-15/h4-8,11-13,17,19H,9-10,14H2,1-3H3,(H,25,26,27)/t17-,19-/m1/s1. The molecule has 0 unspecified atom stereocenters. The molecule has 0 aliphatic carbocycles. The van der Waals surface area contributed by atoms with Crippen LogP contribution in [0.4, 0.5) is 17.5 Å². The van der Waals surface area contributed by atoms with Gasteiger partial charge in [-0.15, -0.1) is 0 Å². The molecule has 164 valence electrons. The van der Waals surface area contributed by atoms with Crippen molar-refractivity contribution in [2.24, 2.45) is 7.05 Å². The second-order valence-electron chi connectivity index (χ2n) is 8.65. The highest BCUT2D eigenvalue weighted by Crippen LogP contribution is 2.47. The highest BCUT2D eigenvalue weighted by molar-refractivity contribution is 5.95. The van der Waals surface area contributed by atoms with Gasteiger partial charge in [-0.3, -0.25) is 9.59 Å². The largest absolute Gasteiger partial charge is 0.347 e. The molecule has 1 fully saturated rings. The number of hydrogen-bond donors (Lipinski definition) is 1. The molecule has 8 heteroatoms.